The molecule has 0 atom stereocenters. The Hall–Kier alpha value is -1.56. The molecule has 0 radical (unpaired) electrons. The number of hydrogen-bond donors (Lipinski definition) is 1. The topological polar surface area (TPSA) is 73.2 Å². The molecule has 6 nitrogen and oxygen atoms in total. The minimum absolute atomic E-state index is 0.117. The molecule has 1 N–H and O–H groups in total. The third kappa shape index (κ3) is 4.07. The fraction of sp³-hybridized carbons (Fsp3) is 0.500. The van der Waals surface area contributed by atoms with Crippen LogP contribution in [0.15, 0.2) is 6.20 Å². The summed E-state index contributed by atoms with van der Waals surface area (Å²) in [6.45, 7) is 2.13. The van der Waals surface area contributed by atoms with E-state index in [4.69, 9.17) is 11.6 Å². The van der Waals surface area contributed by atoms with Crippen molar-refractivity contribution in [2.45, 2.75) is 19.9 Å². The normalized spacial score (nSPS) is 10.1. The molecular weight excluding hydrogens is 246 g/mol. The van der Waals surface area contributed by atoms with E-state index in [1.54, 1.807) is 4.68 Å². The summed E-state index contributed by atoms with van der Waals surface area (Å²) in [6.07, 6.45) is 1.76. The first kappa shape index (κ1) is 13.5. The van der Waals surface area contributed by atoms with Crippen molar-refractivity contribution < 1.29 is 14.3 Å². The minimum Gasteiger partial charge on any atom is -0.468 e. The molecule has 17 heavy (non-hydrogen) atoms. The van der Waals surface area contributed by atoms with E-state index in [2.05, 4.69) is 15.2 Å². The van der Waals surface area contributed by atoms with E-state index in [-0.39, 0.29) is 18.9 Å². The Morgan fingerprint density at radius 3 is 2.82 bits per heavy atom. The molecule has 0 spiro atoms. The van der Waals surface area contributed by atoms with Crippen LogP contribution >= 0.6 is 11.6 Å². The zero-order valence-electron chi connectivity index (χ0n) is 9.70. The number of esters is 1. The summed E-state index contributed by atoms with van der Waals surface area (Å²) in [7, 11) is 1.27. The number of ether oxygens (including phenoxy) is 1. The second kappa shape index (κ2) is 6.24. The number of methoxy groups -OCH3 is 1. The number of halogens is 1. The van der Waals surface area contributed by atoms with Crippen molar-refractivity contribution in [3.63, 3.8) is 0 Å². The third-order valence-corrected chi connectivity index (χ3v) is 2.62. The maximum Gasteiger partial charge on any atom is 0.325 e. The lowest BCUT2D eigenvalue weighted by Crippen LogP contribution is -2.30. The Morgan fingerprint density at radius 1 is 1.59 bits per heavy atom. The van der Waals surface area contributed by atoms with Crippen LogP contribution in [0.25, 0.3) is 0 Å². The van der Waals surface area contributed by atoms with Gasteiger partial charge in [0.1, 0.15) is 6.54 Å². The Kier molecular flexibility index (Phi) is 4.96. The first-order valence-corrected chi connectivity index (χ1v) is 5.43. The monoisotopic (exact) mass is 259 g/mol. The lowest BCUT2D eigenvalue weighted by molar-refractivity contribution is -0.141. The van der Waals surface area contributed by atoms with E-state index in [1.807, 2.05) is 6.92 Å². The highest BCUT2D eigenvalue weighted by molar-refractivity contribution is 6.31. The molecule has 94 valence electrons. The molecule has 0 aliphatic rings. The summed E-state index contributed by atoms with van der Waals surface area (Å²) >= 11 is 5.82. The number of hydrogen-bond acceptors (Lipinski definition) is 4. The molecule has 0 unspecified atom stereocenters. The van der Waals surface area contributed by atoms with Gasteiger partial charge in [-0.05, 0) is 6.92 Å². The van der Waals surface area contributed by atoms with Gasteiger partial charge in [0.15, 0.2) is 0 Å². The van der Waals surface area contributed by atoms with E-state index in [1.165, 1.54) is 13.3 Å². The highest BCUT2D eigenvalue weighted by Crippen LogP contribution is 2.13. The SMILES string of the molecule is COC(=O)CNC(=O)CCn1ncc(Cl)c1C. The van der Waals surface area contributed by atoms with E-state index in [0.717, 1.165) is 5.69 Å². The highest BCUT2D eigenvalue weighted by atomic mass is 35.5. The highest BCUT2D eigenvalue weighted by Gasteiger charge is 2.08. The first-order valence-electron chi connectivity index (χ1n) is 5.06. The van der Waals surface area contributed by atoms with Crippen LogP contribution < -0.4 is 5.32 Å². The Balaban J connectivity index is 2.33. The van der Waals surface area contributed by atoms with E-state index < -0.39 is 5.97 Å². The second-order valence-electron chi connectivity index (χ2n) is 3.40. The van der Waals surface area contributed by atoms with Gasteiger partial charge in [-0.1, -0.05) is 11.6 Å². The molecule has 1 aromatic heterocycles. The lowest BCUT2D eigenvalue weighted by Gasteiger charge is -2.05. The Morgan fingerprint density at radius 2 is 2.29 bits per heavy atom. The van der Waals surface area contributed by atoms with Gasteiger partial charge in [-0.3, -0.25) is 14.3 Å². The number of carbonyl (C=O) groups excluding carboxylic acids is 2. The molecule has 1 rings (SSSR count). The van der Waals surface area contributed by atoms with Crippen LogP contribution in [0.2, 0.25) is 5.02 Å². The smallest absolute Gasteiger partial charge is 0.325 e. The fourth-order valence-corrected chi connectivity index (χ4v) is 1.33. The van der Waals surface area contributed by atoms with Crippen molar-refractivity contribution in [2.24, 2.45) is 0 Å². The maximum absolute atomic E-state index is 11.4. The van der Waals surface area contributed by atoms with E-state index >= 15 is 0 Å². The molecule has 1 aromatic rings. The summed E-state index contributed by atoms with van der Waals surface area (Å²) in [5.74, 6) is -0.710. The number of aromatic nitrogens is 2. The number of carbonyl (C=O) groups is 2. The summed E-state index contributed by atoms with van der Waals surface area (Å²) in [5, 5.41) is 7.02. The molecule has 1 heterocycles. The number of nitrogens with one attached hydrogen (secondary N) is 1. The zero-order valence-corrected chi connectivity index (χ0v) is 10.5. The van der Waals surface area contributed by atoms with Crippen LogP contribution in [0.4, 0.5) is 0 Å². The van der Waals surface area contributed by atoms with Crippen molar-refractivity contribution >= 4 is 23.5 Å². The van der Waals surface area contributed by atoms with Crippen LogP contribution in [0, 0.1) is 6.92 Å². The minimum atomic E-state index is -0.475. The Bertz CT molecular complexity index is 417. The van der Waals surface area contributed by atoms with Crippen molar-refractivity contribution in [1.29, 1.82) is 0 Å². The van der Waals surface area contributed by atoms with Gasteiger partial charge in [0.25, 0.3) is 0 Å². The van der Waals surface area contributed by atoms with Gasteiger partial charge in [-0.15, -0.1) is 0 Å². The fourth-order valence-electron chi connectivity index (χ4n) is 1.19. The van der Waals surface area contributed by atoms with Gasteiger partial charge in [0.05, 0.1) is 30.6 Å². The number of aryl methyl sites for hydroxylation is 1. The largest absolute Gasteiger partial charge is 0.468 e. The maximum atomic E-state index is 11.4. The number of amides is 1. The zero-order chi connectivity index (χ0) is 12.8. The van der Waals surface area contributed by atoms with Crippen LogP contribution in [0.3, 0.4) is 0 Å². The molecule has 0 aromatic carbocycles. The Labute approximate surface area is 104 Å². The van der Waals surface area contributed by atoms with Crippen LogP contribution in [-0.2, 0) is 20.9 Å². The van der Waals surface area contributed by atoms with Crippen LogP contribution in [0.5, 0.6) is 0 Å². The van der Waals surface area contributed by atoms with Gasteiger partial charge in [0, 0.05) is 6.42 Å². The van der Waals surface area contributed by atoms with Crippen molar-refractivity contribution in [2.75, 3.05) is 13.7 Å². The van der Waals surface area contributed by atoms with Crippen LogP contribution in [0.1, 0.15) is 12.1 Å². The standard InChI is InChI=1S/C10H14ClN3O3/c1-7-8(11)5-13-14(7)4-3-9(15)12-6-10(16)17-2/h5H,3-4,6H2,1-2H3,(H,12,15). The molecule has 0 bridgehead atoms. The van der Waals surface area contributed by atoms with Crippen molar-refractivity contribution in [3.05, 3.63) is 16.9 Å². The molecule has 0 saturated carbocycles. The summed E-state index contributed by atoms with van der Waals surface area (Å²) in [6, 6.07) is 0. The molecule has 7 heteroatoms. The summed E-state index contributed by atoms with van der Waals surface area (Å²) in [4.78, 5) is 22.1. The molecule has 0 saturated heterocycles. The predicted octanol–water partition coefficient (Wildman–Crippen LogP) is 0.524. The van der Waals surface area contributed by atoms with Crippen molar-refractivity contribution in [3.8, 4) is 0 Å². The van der Waals surface area contributed by atoms with Gasteiger partial charge in [-0.2, -0.15) is 5.10 Å². The third-order valence-electron chi connectivity index (χ3n) is 2.25. The summed E-state index contributed by atoms with van der Waals surface area (Å²) < 4.78 is 6.04. The average molecular weight is 260 g/mol. The molecule has 1 amide bonds. The van der Waals surface area contributed by atoms with E-state index in [9.17, 15) is 9.59 Å². The predicted molar refractivity (Wildman–Crippen MR) is 61.6 cm³/mol. The first-order chi connectivity index (χ1) is 8.04. The quantitative estimate of drug-likeness (QED) is 0.783. The molecule has 0 fully saturated rings. The molecule has 0 aliphatic carbocycles. The van der Waals surface area contributed by atoms with Gasteiger partial charge >= 0.3 is 5.97 Å². The number of nitrogens with zero attached hydrogens (tertiary/aromatic N) is 2. The van der Waals surface area contributed by atoms with Gasteiger partial charge < -0.3 is 10.1 Å². The van der Waals surface area contributed by atoms with Gasteiger partial charge in [0.2, 0.25) is 5.91 Å². The van der Waals surface area contributed by atoms with Crippen LogP contribution in [-0.4, -0.2) is 35.3 Å². The van der Waals surface area contributed by atoms with E-state index in [0.29, 0.717) is 11.6 Å². The number of rotatable bonds is 5. The van der Waals surface area contributed by atoms with Gasteiger partial charge in [-0.25, -0.2) is 0 Å². The average Bonchev–Trinajstić information content (AvgIpc) is 2.64. The summed E-state index contributed by atoms with van der Waals surface area (Å²) in [5.41, 5.74) is 0.812. The lowest BCUT2D eigenvalue weighted by atomic mass is 10.4. The van der Waals surface area contributed by atoms with Crippen molar-refractivity contribution in [1.82, 2.24) is 15.1 Å². The molecule has 0 aliphatic heterocycles. The molecular formula is C10H14ClN3O3. The second-order valence-corrected chi connectivity index (χ2v) is 3.81.